The van der Waals surface area contributed by atoms with Crippen molar-refractivity contribution in [2.45, 2.75) is 26.8 Å². The van der Waals surface area contributed by atoms with Crippen molar-refractivity contribution in [3.05, 3.63) is 57.8 Å². The van der Waals surface area contributed by atoms with E-state index in [0.29, 0.717) is 12.5 Å². The van der Waals surface area contributed by atoms with Gasteiger partial charge < -0.3 is 0 Å². The molecule has 0 aliphatic rings. The third-order valence-corrected chi connectivity index (χ3v) is 2.70. The Morgan fingerprint density at radius 3 is 2.78 bits per heavy atom. The highest BCUT2D eigenvalue weighted by Crippen LogP contribution is 2.06. The summed E-state index contributed by atoms with van der Waals surface area (Å²) in [4.78, 5) is 11.7. The molecule has 3 nitrogen and oxygen atoms in total. The number of halogens is 1. The van der Waals surface area contributed by atoms with Gasteiger partial charge in [0.2, 0.25) is 0 Å². The van der Waals surface area contributed by atoms with Crippen molar-refractivity contribution in [3.63, 3.8) is 0 Å². The van der Waals surface area contributed by atoms with Gasteiger partial charge in [-0.25, -0.2) is 9.07 Å². The first-order valence-corrected chi connectivity index (χ1v) is 6.08. The first-order valence-electron chi connectivity index (χ1n) is 6.08. The van der Waals surface area contributed by atoms with Gasteiger partial charge in [-0.2, -0.15) is 0 Å². The van der Waals surface area contributed by atoms with E-state index in [1.54, 1.807) is 18.2 Å². The molecule has 4 heteroatoms. The highest BCUT2D eigenvalue weighted by molar-refractivity contribution is 5.16. The Balaban J connectivity index is 2.19. The van der Waals surface area contributed by atoms with Crippen LogP contribution in [0.2, 0.25) is 0 Å². The van der Waals surface area contributed by atoms with Gasteiger partial charge in [0.1, 0.15) is 5.82 Å². The molecule has 1 N–H and O–H groups in total. The molecule has 0 unspecified atom stereocenters. The van der Waals surface area contributed by atoms with Gasteiger partial charge in [-0.3, -0.25) is 9.89 Å². The van der Waals surface area contributed by atoms with E-state index < -0.39 is 0 Å². The fourth-order valence-electron chi connectivity index (χ4n) is 1.97. The number of hydrogen-bond acceptors (Lipinski definition) is 1. The number of nitrogens with zero attached hydrogens (tertiary/aromatic N) is 1. The molecule has 0 saturated heterocycles. The molecule has 1 aromatic heterocycles. The van der Waals surface area contributed by atoms with E-state index in [0.717, 1.165) is 17.7 Å². The molecular weight excluding hydrogens is 231 g/mol. The van der Waals surface area contributed by atoms with Crippen molar-refractivity contribution in [2.24, 2.45) is 5.92 Å². The van der Waals surface area contributed by atoms with Crippen LogP contribution in [-0.2, 0) is 13.0 Å². The van der Waals surface area contributed by atoms with Gasteiger partial charge in [0.25, 0.3) is 5.56 Å². The molecule has 1 heterocycles. The predicted molar refractivity (Wildman–Crippen MR) is 69.1 cm³/mol. The monoisotopic (exact) mass is 248 g/mol. The summed E-state index contributed by atoms with van der Waals surface area (Å²) in [6, 6.07) is 7.89. The zero-order chi connectivity index (χ0) is 13.1. The second kappa shape index (κ2) is 5.21. The average Bonchev–Trinajstić information content (AvgIpc) is 2.58. The molecule has 18 heavy (non-hydrogen) atoms. The highest BCUT2D eigenvalue weighted by atomic mass is 19.1. The van der Waals surface area contributed by atoms with Crippen LogP contribution in [0.5, 0.6) is 0 Å². The van der Waals surface area contributed by atoms with Crippen molar-refractivity contribution in [2.75, 3.05) is 0 Å². The Kier molecular flexibility index (Phi) is 3.65. The Morgan fingerprint density at radius 2 is 2.11 bits per heavy atom. The van der Waals surface area contributed by atoms with Crippen molar-refractivity contribution >= 4 is 0 Å². The lowest BCUT2D eigenvalue weighted by Crippen LogP contribution is -2.16. The molecule has 0 atom stereocenters. The van der Waals surface area contributed by atoms with Gasteiger partial charge in [-0.15, -0.1) is 0 Å². The van der Waals surface area contributed by atoms with E-state index in [9.17, 15) is 9.18 Å². The molecule has 96 valence electrons. The molecule has 0 saturated carbocycles. The number of H-pyrrole nitrogens is 1. The highest BCUT2D eigenvalue weighted by Gasteiger charge is 2.06. The van der Waals surface area contributed by atoms with Crippen LogP contribution in [0.4, 0.5) is 4.39 Å². The topological polar surface area (TPSA) is 37.8 Å². The van der Waals surface area contributed by atoms with E-state index >= 15 is 0 Å². The van der Waals surface area contributed by atoms with E-state index in [1.807, 2.05) is 0 Å². The fourth-order valence-corrected chi connectivity index (χ4v) is 1.97. The Hall–Kier alpha value is -1.84. The zero-order valence-corrected chi connectivity index (χ0v) is 10.6. The minimum absolute atomic E-state index is 0.0742. The minimum Gasteiger partial charge on any atom is -0.299 e. The lowest BCUT2D eigenvalue weighted by atomic mass is 10.1. The summed E-state index contributed by atoms with van der Waals surface area (Å²) in [7, 11) is 0. The normalized spacial score (nSPS) is 11.1. The van der Waals surface area contributed by atoms with E-state index in [-0.39, 0.29) is 11.4 Å². The van der Waals surface area contributed by atoms with Gasteiger partial charge in [0, 0.05) is 11.8 Å². The molecule has 0 radical (unpaired) electrons. The average molecular weight is 248 g/mol. The van der Waals surface area contributed by atoms with Crippen molar-refractivity contribution in [3.8, 4) is 0 Å². The summed E-state index contributed by atoms with van der Waals surface area (Å²) < 4.78 is 14.6. The lowest BCUT2D eigenvalue weighted by molar-refractivity contribution is 0.596. The smallest absolute Gasteiger partial charge is 0.267 e. The second-order valence-corrected chi connectivity index (χ2v) is 4.93. The molecular formula is C14H17FN2O. The summed E-state index contributed by atoms with van der Waals surface area (Å²) in [6.07, 6.45) is 0.839. The van der Waals surface area contributed by atoms with Crippen LogP contribution >= 0.6 is 0 Å². The summed E-state index contributed by atoms with van der Waals surface area (Å²) in [5, 5.41) is 3.06. The lowest BCUT2D eigenvalue weighted by Gasteiger charge is -2.04. The molecule has 0 amide bonds. The van der Waals surface area contributed by atoms with Gasteiger partial charge in [-0.1, -0.05) is 26.0 Å². The minimum atomic E-state index is -0.283. The summed E-state index contributed by atoms with van der Waals surface area (Å²) in [6.45, 7) is 4.57. The molecule has 1 aromatic carbocycles. The predicted octanol–water partition coefficient (Wildman–Crippen LogP) is 2.56. The van der Waals surface area contributed by atoms with Crippen LogP contribution in [0.1, 0.15) is 25.1 Å². The fraction of sp³-hybridized carbons (Fsp3) is 0.357. The summed E-state index contributed by atoms with van der Waals surface area (Å²) in [5.74, 6) is 0.208. The van der Waals surface area contributed by atoms with Crippen LogP contribution in [-0.4, -0.2) is 9.78 Å². The Labute approximate surface area is 105 Å². The largest absolute Gasteiger partial charge is 0.299 e. The maximum Gasteiger partial charge on any atom is 0.267 e. The van der Waals surface area contributed by atoms with Crippen LogP contribution in [0, 0.1) is 11.7 Å². The molecule has 0 aliphatic heterocycles. The quantitative estimate of drug-likeness (QED) is 0.887. The molecule has 0 spiro atoms. The third kappa shape index (κ3) is 3.09. The number of aromatic nitrogens is 2. The standard InChI is InChI=1S/C14H17FN2O/c1-10(2)6-13-8-14(18)17(16-13)9-11-4-3-5-12(15)7-11/h3-5,7-8,10,16H,6,9H2,1-2H3. The van der Waals surface area contributed by atoms with Gasteiger partial charge in [0.05, 0.1) is 6.54 Å². The molecule has 0 bridgehead atoms. The van der Waals surface area contributed by atoms with Crippen molar-refractivity contribution in [1.82, 2.24) is 9.78 Å². The van der Waals surface area contributed by atoms with Crippen LogP contribution < -0.4 is 5.56 Å². The van der Waals surface area contributed by atoms with Gasteiger partial charge >= 0.3 is 0 Å². The number of aromatic amines is 1. The van der Waals surface area contributed by atoms with Crippen LogP contribution in [0.15, 0.2) is 35.1 Å². The number of rotatable bonds is 4. The molecule has 2 aromatic rings. The van der Waals surface area contributed by atoms with Gasteiger partial charge in [-0.05, 0) is 30.0 Å². The van der Waals surface area contributed by atoms with Crippen molar-refractivity contribution < 1.29 is 4.39 Å². The second-order valence-electron chi connectivity index (χ2n) is 4.93. The Morgan fingerprint density at radius 1 is 1.33 bits per heavy atom. The maximum atomic E-state index is 13.1. The number of benzene rings is 1. The number of nitrogens with one attached hydrogen (secondary N) is 1. The maximum absolute atomic E-state index is 13.1. The first kappa shape index (κ1) is 12.6. The zero-order valence-electron chi connectivity index (χ0n) is 10.6. The molecule has 2 rings (SSSR count). The molecule has 0 fully saturated rings. The summed E-state index contributed by atoms with van der Waals surface area (Å²) >= 11 is 0. The molecule has 0 aliphatic carbocycles. The Bertz CT molecular complexity index is 583. The van der Waals surface area contributed by atoms with E-state index in [1.165, 1.54) is 16.8 Å². The van der Waals surface area contributed by atoms with E-state index in [2.05, 4.69) is 18.9 Å². The van der Waals surface area contributed by atoms with Crippen molar-refractivity contribution in [1.29, 1.82) is 0 Å². The SMILES string of the molecule is CC(C)Cc1cc(=O)n(Cc2cccc(F)c2)[nH]1. The summed E-state index contributed by atoms with van der Waals surface area (Å²) in [5.41, 5.74) is 1.62. The number of hydrogen-bond donors (Lipinski definition) is 1. The van der Waals surface area contributed by atoms with Gasteiger partial charge in [0.15, 0.2) is 0 Å². The van der Waals surface area contributed by atoms with Crippen LogP contribution in [0.3, 0.4) is 0 Å². The van der Waals surface area contributed by atoms with E-state index in [4.69, 9.17) is 0 Å². The third-order valence-electron chi connectivity index (χ3n) is 2.70. The first-order chi connectivity index (χ1) is 8.54. The van der Waals surface area contributed by atoms with Crippen LogP contribution in [0.25, 0.3) is 0 Å².